The van der Waals surface area contributed by atoms with Crippen molar-refractivity contribution in [3.8, 4) is 0 Å². The van der Waals surface area contributed by atoms with E-state index in [-0.39, 0.29) is 0 Å². The molecule has 0 saturated carbocycles. The highest BCUT2D eigenvalue weighted by Crippen LogP contribution is 2.25. The van der Waals surface area contributed by atoms with Crippen molar-refractivity contribution in [3.63, 3.8) is 0 Å². The molecule has 0 atom stereocenters. The van der Waals surface area contributed by atoms with Gasteiger partial charge in [0.2, 0.25) is 10.0 Å². The van der Waals surface area contributed by atoms with Crippen LogP contribution in [-0.4, -0.2) is 63.9 Å². The highest BCUT2D eigenvalue weighted by molar-refractivity contribution is 7.89. The molecule has 3 aromatic rings. The number of anilines is 3. The van der Waals surface area contributed by atoms with E-state index in [9.17, 15) is 8.42 Å². The van der Waals surface area contributed by atoms with Crippen molar-refractivity contribution < 1.29 is 8.42 Å². The Morgan fingerprint density at radius 2 is 1.69 bits per heavy atom. The van der Waals surface area contributed by atoms with Crippen LogP contribution in [0.1, 0.15) is 23.9 Å². The Morgan fingerprint density at radius 3 is 2.25 bits per heavy atom. The van der Waals surface area contributed by atoms with Gasteiger partial charge in [-0.2, -0.15) is 9.40 Å². The summed E-state index contributed by atoms with van der Waals surface area (Å²) < 4.78 is 29.8. The molecule has 0 radical (unpaired) electrons. The third-order valence-corrected chi connectivity index (χ3v) is 7.74. The number of piperazine rings is 1. The van der Waals surface area contributed by atoms with Crippen LogP contribution in [0.25, 0.3) is 0 Å². The van der Waals surface area contributed by atoms with Gasteiger partial charge in [-0.1, -0.05) is 6.07 Å². The van der Waals surface area contributed by atoms with Crippen molar-refractivity contribution in [1.82, 2.24) is 29.3 Å². The van der Waals surface area contributed by atoms with E-state index < -0.39 is 10.0 Å². The summed E-state index contributed by atoms with van der Waals surface area (Å²) >= 11 is 0. The molecule has 0 spiro atoms. The van der Waals surface area contributed by atoms with Crippen LogP contribution in [0.2, 0.25) is 0 Å². The van der Waals surface area contributed by atoms with Crippen LogP contribution in [0.4, 0.5) is 17.5 Å². The number of hydrogen-bond acceptors (Lipinski definition) is 8. The van der Waals surface area contributed by atoms with Crippen LogP contribution in [0.5, 0.6) is 0 Å². The Balaban J connectivity index is 1.41. The summed E-state index contributed by atoms with van der Waals surface area (Å²) in [6.45, 7) is 9.98. The van der Waals surface area contributed by atoms with Gasteiger partial charge in [0.25, 0.3) is 0 Å². The molecule has 0 unspecified atom stereocenters. The van der Waals surface area contributed by atoms with Gasteiger partial charge in [0.15, 0.2) is 11.6 Å². The molecule has 4 rings (SSSR count). The zero-order valence-electron chi connectivity index (χ0n) is 18.8. The monoisotopic (exact) mass is 456 g/mol. The SMILES string of the molecule is CCn1nc(C)c(S(=O)(=O)N2CCN(c3ccc(Nc4ccc(C)cn4)nn3)CC2)c1C. The fraction of sp³-hybridized carbons (Fsp3) is 0.429. The summed E-state index contributed by atoms with van der Waals surface area (Å²) in [5.74, 6) is 2.02. The van der Waals surface area contributed by atoms with E-state index >= 15 is 0 Å². The number of sulfonamides is 1. The molecule has 1 N–H and O–H groups in total. The molecule has 1 saturated heterocycles. The normalized spacial score (nSPS) is 15.2. The van der Waals surface area contributed by atoms with Crippen LogP contribution in [0.3, 0.4) is 0 Å². The number of hydrogen-bond donors (Lipinski definition) is 1. The number of nitrogens with one attached hydrogen (secondary N) is 1. The molecule has 3 aromatic heterocycles. The van der Waals surface area contributed by atoms with E-state index in [0.717, 1.165) is 11.4 Å². The maximum atomic E-state index is 13.3. The lowest BCUT2D eigenvalue weighted by Crippen LogP contribution is -2.49. The zero-order valence-corrected chi connectivity index (χ0v) is 19.6. The standard InChI is InChI=1S/C21H28N8O2S/c1-5-29-17(4)21(16(3)26-29)32(30,31)28-12-10-27(11-13-28)20-9-8-19(24-25-20)23-18-7-6-15(2)14-22-18/h6-9,14H,5,10-13H2,1-4H3,(H,22,23,24). The van der Waals surface area contributed by atoms with E-state index in [4.69, 9.17) is 0 Å². The third kappa shape index (κ3) is 4.30. The minimum Gasteiger partial charge on any atom is -0.352 e. The number of aryl methyl sites for hydroxylation is 3. The van der Waals surface area contributed by atoms with E-state index in [1.807, 2.05) is 49.9 Å². The van der Waals surface area contributed by atoms with Crippen LogP contribution in [-0.2, 0) is 16.6 Å². The van der Waals surface area contributed by atoms with Crippen molar-refractivity contribution in [2.75, 3.05) is 36.4 Å². The predicted octanol–water partition coefficient (Wildman–Crippen LogP) is 2.27. The van der Waals surface area contributed by atoms with Crippen molar-refractivity contribution >= 4 is 27.5 Å². The van der Waals surface area contributed by atoms with Gasteiger partial charge in [0, 0.05) is 38.9 Å². The lowest BCUT2D eigenvalue weighted by atomic mass is 10.3. The first-order chi connectivity index (χ1) is 15.3. The maximum absolute atomic E-state index is 13.3. The molecule has 1 aliphatic heterocycles. The van der Waals surface area contributed by atoms with E-state index in [1.165, 1.54) is 4.31 Å². The fourth-order valence-electron chi connectivity index (χ4n) is 3.88. The first-order valence-corrected chi connectivity index (χ1v) is 12.1. The molecule has 4 heterocycles. The molecule has 0 amide bonds. The number of rotatable bonds is 6. The second kappa shape index (κ2) is 8.83. The second-order valence-corrected chi connectivity index (χ2v) is 9.70. The van der Waals surface area contributed by atoms with Crippen molar-refractivity contribution in [1.29, 1.82) is 0 Å². The summed E-state index contributed by atoms with van der Waals surface area (Å²) in [7, 11) is -3.59. The predicted molar refractivity (Wildman–Crippen MR) is 123 cm³/mol. The highest BCUT2D eigenvalue weighted by atomic mass is 32.2. The van der Waals surface area contributed by atoms with Crippen molar-refractivity contribution in [3.05, 3.63) is 47.4 Å². The quantitative estimate of drug-likeness (QED) is 0.602. The summed E-state index contributed by atoms with van der Waals surface area (Å²) in [4.78, 5) is 6.67. The molecule has 32 heavy (non-hydrogen) atoms. The molecule has 0 aliphatic carbocycles. The van der Waals surface area contributed by atoms with Crippen LogP contribution in [0.15, 0.2) is 35.4 Å². The van der Waals surface area contributed by atoms with Gasteiger partial charge in [-0.25, -0.2) is 13.4 Å². The van der Waals surface area contributed by atoms with Gasteiger partial charge in [0.05, 0.1) is 11.4 Å². The lowest BCUT2D eigenvalue weighted by molar-refractivity contribution is 0.383. The average molecular weight is 457 g/mol. The van der Waals surface area contributed by atoms with E-state index in [1.54, 1.807) is 17.8 Å². The van der Waals surface area contributed by atoms with Crippen LogP contribution in [0, 0.1) is 20.8 Å². The topological polar surface area (TPSA) is 109 Å². The summed E-state index contributed by atoms with van der Waals surface area (Å²) in [5.41, 5.74) is 2.32. The lowest BCUT2D eigenvalue weighted by Gasteiger charge is -2.34. The van der Waals surface area contributed by atoms with E-state index in [0.29, 0.717) is 60.6 Å². The Hall–Kier alpha value is -3.05. The minimum atomic E-state index is -3.59. The van der Waals surface area contributed by atoms with Gasteiger partial charge in [-0.15, -0.1) is 10.2 Å². The first-order valence-electron chi connectivity index (χ1n) is 10.6. The molecule has 0 aromatic carbocycles. The Labute approximate surface area is 188 Å². The zero-order chi connectivity index (χ0) is 22.9. The maximum Gasteiger partial charge on any atom is 0.246 e. The van der Waals surface area contributed by atoms with Gasteiger partial charge >= 0.3 is 0 Å². The molecule has 1 aliphatic rings. The molecule has 170 valence electrons. The average Bonchev–Trinajstić information content (AvgIpc) is 3.09. The van der Waals surface area contributed by atoms with Crippen LogP contribution < -0.4 is 10.2 Å². The first kappa shape index (κ1) is 22.2. The molecular formula is C21H28N8O2S. The smallest absolute Gasteiger partial charge is 0.246 e. The largest absolute Gasteiger partial charge is 0.352 e. The Morgan fingerprint density at radius 1 is 0.969 bits per heavy atom. The highest BCUT2D eigenvalue weighted by Gasteiger charge is 2.33. The van der Waals surface area contributed by atoms with Crippen molar-refractivity contribution in [2.24, 2.45) is 0 Å². The third-order valence-electron chi connectivity index (χ3n) is 5.59. The molecular weight excluding hydrogens is 428 g/mol. The van der Waals surface area contributed by atoms with Gasteiger partial charge in [-0.3, -0.25) is 4.68 Å². The summed E-state index contributed by atoms with van der Waals surface area (Å²) in [5, 5.41) is 16.0. The van der Waals surface area contributed by atoms with Gasteiger partial charge in [-0.05, 0) is 51.5 Å². The molecule has 0 bridgehead atoms. The van der Waals surface area contributed by atoms with Crippen molar-refractivity contribution in [2.45, 2.75) is 39.1 Å². The number of aromatic nitrogens is 5. The van der Waals surface area contributed by atoms with Gasteiger partial charge in [0.1, 0.15) is 10.7 Å². The summed E-state index contributed by atoms with van der Waals surface area (Å²) in [6.07, 6.45) is 1.79. The molecule has 10 nitrogen and oxygen atoms in total. The molecule has 11 heteroatoms. The number of pyridine rings is 1. The van der Waals surface area contributed by atoms with Gasteiger partial charge < -0.3 is 10.2 Å². The second-order valence-electron chi connectivity index (χ2n) is 7.83. The molecule has 1 fully saturated rings. The summed E-state index contributed by atoms with van der Waals surface area (Å²) in [6, 6.07) is 7.59. The van der Waals surface area contributed by atoms with Crippen LogP contribution >= 0.6 is 0 Å². The Kier molecular flexibility index (Phi) is 6.11. The minimum absolute atomic E-state index is 0.327. The Bertz CT molecular complexity index is 1180. The fourth-order valence-corrected chi connectivity index (χ4v) is 5.68. The number of nitrogens with zero attached hydrogens (tertiary/aromatic N) is 7. The van der Waals surface area contributed by atoms with E-state index in [2.05, 4.69) is 25.6 Å².